The number of carbonyl (C=O) groups is 3. The van der Waals surface area contributed by atoms with E-state index in [1.807, 2.05) is 0 Å². The molecule has 2 N–H and O–H groups in total. The van der Waals surface area contributed by atoms with Crippen LogP contribution in [0.2, 0.25) is 10.0 Å². The van der Waals surface area contributed by atoms with Crippen molar-refractivity contribution in [2.24, 2.45) is 5.73 Å². The van der Waals surface area contributed by atoms with Crippen LogP contribution in [-0.2, 0) is 14.3 Å². The Labute approximate surface area is 163 Å². The van der Waals surface area contributed by atoms with Gasteiger partial charge in [0.25, 0.3) is 5.91 Å². The minimum atomic E-state index is -0.687. The molecule has 0 radical (unpaired) electrons. The average Bonchev–Trinajstić information content (AvgIpc) is 2.95. The van der Waals surface area contributed by atoms with Gasteiger partial charge < -0.3 is 15.4 Å². The molecule has 2 heterocycles. The van der Waals surface area contributed by atoms with Gasteiger partial charge in [0.1, 0.15) is 10.9 Å². The number of piperidine rings is 1. The van der Waals surface area contributed by atoms with Crippen molar-refractivity contribution in [3.8, 4) is 0 Å². The van der Waals surface area contributed by atoms with Gasteiger partial charge >= 0.3 is 5.97 Å². The molecule has 9 heteroatoms. The summed E-state index contributed by atoms with van der Waals surface area (Å²) >= 11 is 13.3. The number of carbonyl (C=O) groups excluding carboxylic acids is 3. The number of esters is 1. The van der Waals surface area contributed by atoms with Crippen LogP contribution in [0, 0.1) is 0 Å². The summed E-state index contributed by atoms with van der Waals surface area (Å²) in [4.78, 5) is 37.8. The number of amides is 2. The zero-order valence-electron chi connectivity index (χ0n) is 13.7. The van der Waals surface area contributed by atoms with Crippen LogP contribution in [0.5, 0.6) is 0 Å². The Bertz CT molecular complexity index is 883. The molecule has 1 aliphatic rings. The van der Waals surface area contributed by atoms with E-state index in [0.29, 0.717) is 23.4 Å². The van der Waals surface area contributed by atoms with Crippen molar-refractivity contribution in [3.05, 3.63) is 33.1 Å². The first-order valence-corrected chi connectivity index (χ1v) is 9.59. The first-order valence-electron chi connectivity index (χ1n) is 8.02. The van der Waals surface area contributed by atoms with Crippen LogP contribution in [0.25, 0.3) is 10.1 Å². The fourth-order valence-corrected chi connectivity index (χ4v) is 4.65. The number of benzene rings is 1. The number of nitrogens with two attached hydrogens (primary N) is 1. The van der Waals surface area contributed by atoms with Gasteiger partial charge in [-0.2, -0.15) is 0 Å². The summed E-state index contributed by atoms with van der Waals surface area (Å²) in [5.74, 6) is -1.68. The number of thiophene rings is 1. The Hall–Kier alpha value is -1.83. The summed E-state index contributed by atoms with van der Waals surface area (Å²) in [7, 11) is 0. The number of rotatable bonds is 4. The maximum absolute atomic E-state index is 12.3. The third-order valence-corrected chi connectivity index (χ3v) is 6.13. The fraction of sp³-hybridized carbons (Fsp3) is 0.353. The molecule has 0 aliphatic carbocycles. The minimum Gasteiger partial charge on any atom is -0.451 e. The summed E-state index contributed by atoms with van der Waals surface area (Å²) in [6, 6.07) is 4.47. The lowest BCUT2D eigenvalue weighted by Gasteiger charge is -2.33. The van der Waals surface area contributed by atoms with Gasteiger partial charge in [0.05, 0.1) is 5.02 Å². The lowest BCUT2D eigenvalue weighted by Crippen LogP contribution is -2.51. The van der Waals surface area contributed by atoms with Crippen molar-refractivity contribution in [1.82, 2.24) is 4.90 Å². The van der Waals surface area contributed by atoms with Crippen LogP contribution in [0.1, 0.15) is 28.9 Å². The summed E-state index contributed by atoms with van der Waals surface area (Å²) < 4.78 is 5.88. The largest absolute Gasteiger partial charge is 0.451 e. The average molecular weight is 415 g/mol. The highest BCUT2D eigenvalue weighted by atomic mass is 35.5. The molecule has 26 heavy (non-hydrogen) atoms. The van der Waals surface area contributed by atoms with E-state index in [2.05, 4.69) is 0 Å². The molecule has 2 aromatic rings. The Morgan fingerprint density at radius 1 is 1.27 bits per heavy atom. The molecular formula is C17H16Cl2N2O4S. The van der Waals surface area contributed by atoms with Gasteiger partial charge in [-0.05, 0) is 31.4 Å². The molecule has 1 aliphatic heterocycles. The van der Waals surface area contributed by atoms with E-state index in [9.17, 15) is 14.4 Å². The van der Waals surface area contributed by atoms with Crippen molar-refractivity contribution < 1.29 is 19.1 Å². The van der Waals surface area contributed by atoms with Gasteiger partial charge in [0.2, 0.25) is 5.91 Å². The fourth-order valence-electron chi connectivity index (χ4n) is 2.97. The van der Waals surface area contributed by atoms with Crippen LogP contribution in [0.4, 0.5) is 0 Å². The van der Waals surface area contributed by atoms with E-state index in [0.717, 1.165) is 28.9 Å². The molecule has 1 fully saturated rings. The number of hydrogen-bond acceptors (Lipinski definition) is 5. The molecule has 138 valence electrons. The molecule has 2 amide bonds. The van der Waals surface area contributed by atoms with Crippen molar-refractivity contribution in [1.29, 1.82) is 0 Å². The normalized spacial score (nSPS) is 17.3. The van der Waals surface area contributed by atoms with Crippen molar-refractivity contribution in [3.63, 3.8) is 0 Å². The number of fused-ring (bicyclic) bond motifs is 1. The SMILES string of the molecule is NC(=O)[C@H]1CCCCN1C(=O)COC(=O)c1sc2cc(Cl)ccc2c1Cl. The number of hydrogen-bond donors (Lipinski definition) is 1. The number of nitrogens with zero attached hydrogens (tertiary/aromatic N) is 1. The van der Waals surface area contributed by atoms with Crippen LogP contribution in [-0.4, -0.2) is 41.9 Å². The smallest absolute Gasteiger partial charge is 0.350 e. The molecule has 1 aromatic carbocycles. The van der Waals surface area contributed by atoms with Crippen molar-refractivity contribution in [2.45, 2.75) is 25.3 Å². The number of likely N-dealkylation sites (tertiary alicyclic amines) is 1. The van der Waals surface area contributed by atoms with E-state index in [-0.39, 0.29) is 9.90 Å². The van der Waals surface area contributed by atoms with Gasteiger partial charge in [0, 0.05) is 21.7 Å². The van der Waals surface area contributed by atoms with Crippen LogP contribution >= 0.6 is 34.5 Å². The molecular weight excluding hydrogens is 399 g/mol. The predicted octanol–water partition coefficient (Wildman–Crippen LogP) is 3.23. The van der Waals surface area contributed by atoms with Crippen LogP contribution in [0.15, 0.2) is 18.2 Å². The Balaban J connectivity index is 1.69. The highest BCUT2D eigenvalue weighted by Crippen LogP contribution is 2.37. The zero-order valence-corrected chi connectivity index (χ0v) is 16.0. The van der Waals surface area contributed by atoms with Crippen molar-refractivity contribution >= 4 is 62.4 Å². The van der Waals surface area contributed by atoms with E-state index < -0.39 is 30.4 Å². The molecule has 0 unspecified atom stereocenters. The molecule has 6 nitrogen and oxygen atoms in total. The lowest BCUT2D eigenvalue weighted by molar-refractivity contribution is -0.143. The summed E-state index contributed by atoms with van der Waals surface area (Å²) in [6.45, 7) is -0.0416. The van der Waals surface area contributed by atoms with E-state index in [1.165, 1.54) is 4.90 Å². The zero-order chi connectivity index (χ0) is 18.8. The van der Waals surface area contributed by atoms with Crippen LogP contribution < -0.4 is 5.73 Å². The van der Waals surface area contributed by atoms with E-state index in [4.69, 9.17) is 33.7 Å². The Morgan fingerprint density at radius 2 is 2.04 bits per heavy atom. The minimum absolute atomic E-state index is 0.210. The second-order valence-corrected chi connectivity index (χ2v) is 7.83. The molecule has 1 atom stereocenters. The standard InChI is InChI=1S/C17H16Cl2N2O4S/c18-9-4-5-10-12(7-9)26-15(14(10)19)17(24)25-8-13(22)21-6-2-1-3-11(21)16(20)23/h4-5,7,11H,1-3,6,8H2,(H2,20,23)/t11-/m1/s1. The predicted molar refractivity (Wildman–Crippen MR) is 101 cm³/mol. The van der Waals surface area contributed by atoms with Gasteiger partial charge in [-0.25, -0.2) is 4.79 Å². The third-order valence-electron chi connectivity index (χ3n) is 4.26. The number of primary amides is 1. The maximum atomic E-state index is 12.3. The highest BCUT2D eigenvalue weighted by molar-refractivity contribution is 7.21. The first kappa shape index (κ1) is 18.9. The molecule has 1 saturated heterocycles. The molecule has 0 saturated carbocycles. The topological polar surface area (TPSA) is 89.7 Å². The molecule has 1 aromatic heterocycles. The Morgan fingerprint density at radius 3 is 2.77 bits per heavy atom. The maximum Gasteiger partial charge on any atom is 0.350 e. The molecule has 0 spiro atoms. The second-order valence-electron chi connectivity index (χ2n) is 5.96. The number of ether oxygens (including phenoxy) is 1. The molecule has 3 rings (SSSR count). The Kier molecular flexibility index (Phi) is 5.70. The summed E-state index contributed by atoms with van der Waals surface area (Å²) in [5.41, 5.74) is 5.35. The molecule has 0 bridgehead atoms. The lowest BCUT2D eigenvalue weighted by atomic mass is 10.0. The quantitative estimate of drug-likeness (QED) is 0.777. The van der Waals surface area contributed by atoms with Gasteiger partial charge in [-0.1, -0.05) is 29.3 Å². The highest BCUT2D eigenvalue weighted by Gasteiger charge is 2.31. The van der Waals surface area contributed by atoms with Gasteiger partial charge in [0.15, 0.2) is 6.61 Å². The van der Waals surface area contributed by atoms with Crippen molar-refractivity contribution in [2.75, 3.05) is 13.2 Å². The second kappa shape index (κ2) is 7.82. The summed E-state index contributed by atoms with van der Waals surface area (Å²) in [5, 5.41) is 1.50. The monoisotopic (exact) mass is 414 g/mol. The van der Waals surface area contributed by atoms with Crippen LogP contribution in [0.3, 0.4) is 0 Å². The van der Waals surface area contributed by atoms with E-state index >= 15 is 0 Å². The summed E-state index contributed by atoms with van der Waals surface area (Å²) in [6.07, 6.45) is 2.14. The van der Waals surface area contributed by atoms with Gasteiger partial charge in [-0.15, -0.1) is 11.3 Å². The van der Waals surface area contributed by atoms with E-state index in [1.54, 1.807) is 18.2 Å². The third kappa shape index (κ3) is 3.79. The van der Waals surface area contributed by atoms with Gasteiger partial charge in [-0.3, -0.25) is 9.59 Å². The first-order chi connectivity index (χ1) is 12.4. The number of halogens is 2.